The van der Waals surface area contributed by atoms with Gasteiger partial charge in [0.05, 0.1) is 23.8 Å². The molecule has 0 aliphatic carbocycles. The van der Waals surface area contributed by atoms with Crippen molar-refractivity contribution in [2.75, 3.05) is 0 Å². The Morgan fingerprint density at radius 3 is 1.81 bits per heavy atom. The topological polar surface area (TPSA) is 64.2 Å². The molecule has 0 aromatic heterocycles. The van der Waals surface area contributed by atoms with E-state index in [1.54, 1.807) is 38.1 Å². The minimum Gasteiger partial charge on any atom is -0.393 e. The van der Waals surface area contributed by atoms with Gasteiger partial charge in [-0.2, -0.15) is 5.26 Å². The van der Waals surface area contributed by atoms with Gasteiger partial charge in [-0.3, -0.25) is 0 Å². The summed E-state index contributed by atoms with van der Waals surface area (Å²) in [4.78, 5) is 0. The predicted molar refractivity (Wildman–Crippen MR) is 57.3 cm³/mol. The van der Waals surface area contributed by atoms with Crippen LogP contribution in [-0.4, -0.2) is 22.4 Å². The van der Waals surface area contributed by atoms with Crippen LogP contribution in [0, 0.1) is 11.3 Å². The van der Waals surface area contributed by atoms with Crippen molar-refractivity contribution < 1.29 is 27.3 Å². The standard InChI is InChI=1S/C12H15NO2.Fe/c1-8(14)12(9(2)15)11-5-3-10(7-13)4-6-11;/h3-6,8-9,12,14-15H,1-2H3;. The molecule has 1 aromatic carbocycles. The van der Waals surface area contributed by atoms with E-state index >= 15 is 0 Å². The number of nitrogens with zero attached hydrogens (tertiary/aromatic N) is 1. The SMILES string of the molecule is CC(O)C(c1ccc(C#N)cc1)C(C)O.[Fe]. The van der Waals surface area contributed by atoms with Crippen LogP contribution in [0.1, 0.15) is 30.9 Å². The minimum absolute atomic E-state index is 0. The number of rotatable bonds is 3. The first-order valence-electron chi connectivity index (χ1n) is 4.92. The van der Waals surface area contributed by atoms with Crippen molar-refractivity contribution in [3.05, 3.63) is 35.4 Å². The second-order valence-corrected chi connectivity index (χ2v) is 3.74. The Morgan fingerprint density at radius 2 is 1.50 bits per heavy atom. The van der Waals surface area contributed by atoms with E-state index < -0.39 is 12.2 Å². The van der Waals surface area contributed by atoms with E-state index in [1.165, 1.54) is 0 Å². The molecule has 16 heavy (non-hydrogen) atoms. The van der Waals surface area contributed by atoms with Crippen molar-refractivity contribution in [3.63, 3.8) is 0 Å². The molecular weight excluding hydrogens is 246 g/mol. The van der Waals surface area contributed by atoms with Gasteiger partial charge in [0, 0.05) is 23.0 Å². The molecule has 0 saturated heterocycles. The van der Waals surface area contributed by atoms with Gasteiger partial charge in [0.25, 0.3) is 0 Å². The van der Waals surface area contributed by atoms with Crippen LogP contribution in [0.25, 0.3) is 0 Å². The number of aliphatic hydroxyl groups is 2. The van der Waals surface area contributed by atoms with Crippen molar-refractivity contribution in [1.82, 2.24) is 0 Å². The summed E-state index contributed by atoms with van der Waals surface area (Å²) < 4.78 is 0. The van der Waals surface area contributed by atoms with Crippen molar-refractivity contribution >= 4 is 0 Å². The Hall–Kier alpha value is -0.851. The number of benzene rings is 1. The van der Waals surface area contributed by atoms with Gasteiger partial charge in [-0.05, 0) is 31.5 Å². The maximum Gasteiger partial charge on any atom is 0.0991 e. The molecule has 2 atom stereocenters. The molecule has 0 aliphatic rings. The zero-order chi connectivity index (χ0) is 11.4. The molecule has 0 aliphatic heterocycles. The molecule has 0 fully saturated rings. The van der Waals surface area contributed by atoms with E-state index in [0.29, 0.717) is 5.56 Å². The Morgan fingerprint density at radius 1 is 1.06 bits per heavy atom. The Labute approximate surface area is 106 Å². The molecule has 0 spiro atoms. The zero-order valence-electron chi connectivity index (χ0n) is 9.24. The maximum absolute atomic E-state index is 9.54. The van der Waals surface area contributed by atoms with Gasteiger partial charge in [0.15, 0.2) is 0 Å². The van der Waals surface area contributed by atoms with Gasteiger partial charge in [-0.1, -0.05) is 12.1 Å². The first-order chi connectivity index (χ1) is 7.06. The first kappa shape index (κ1) is 15.1. The maximum atomic E-state index is 9.54. The van der Waals surface area contributed by atoms with Crippen LogP contribution < -0.4 is 0 Å². The third kappa shape index (κ3) is 3.62. The summed E-state index contributed by atoms with van der Waals surface area (Å²) in [6, 6.07) is 8.93. The van der Waals surface area contributed by atoms with Gasteiger partial charge < -0.3 is 10.2 Å². The van der Waals surface area contributed by atoms with E-state index in [4.69, 9.17) is 5.26 Å². The third-order valence-corrected chi connectivity index (χ3v) is 2.46. The smallest absolute Gasteiger partial charge is 0.0991 e. The minimum atomic E-state index is -0.613. The molecule has 0 bridgehead atoms. The summed E-state index contributed by atoms with van der Waals surface area (Å²) >= 11 is 0. The van der Waals surface area contributed by atoms with Crippen molar-refractivity contribution in [3.8, 4) is 6.07 Å². The molecule has 2 unspecified atom stereocenters. The van der Waals surface area contributed by atoms with E-state index in [2.05, 4.69) is 0 Å². The molecule has 0 heterocycles. The normalized spacial score (nSPS) is 15.4. The molecule has 0 radical (unpaired) electrons. The number of hydrogen-bond acceptors (Lipinski definition) is 3. The Balaban J connectivity index is 0.00000225. The molecule has 0 saturated carbocycles. The molecule has 4 heteroatoms. The molecule has 2 N–H and O–H groups in total. The predicted octanol–water partition coefficient (Wildman–Crippen LogP) is 1.40. The van der Waals surface area contributed by atoms with Crippen LogP contribution in [-0.2, 0) is 17.1 Å². The largest absolute Gasteiger partial charge is 0.393 e. The average molecular weight is 261 g/mol. The van der Waals surface area contributed by atoms with Gasteiger partial charge in [0.2, 0.25) is 0 Å². The molecule has 3 nitrogen and oxygen atoms in total. The molecule has 1 aromatic rings. The monoisotopic (exact) mass is 261 g/mol. The van der Waals surface area contributed by atoms with Crippen LogP contribution in [0.15, 0.2) is 24.3 Å². The van der Waals surface area contributed by atoms with Crippen LogP contribution in [0.4, 0.5) is 0 Å². The van der Waals surface area contributed by atoms with Gasteiger partial charge in [-0.15, -0.1) is 0 Å². The van der Waals surface area contributed by atoms with Crippen LogP contribution in [0.5, 0.6) is 0 Å². The van der Waals surface area contributed by atoms with E-state index in [1.807, 2.05) is 6.07 Å². The second kappa shape index (κ2) is 6.67. The second-order valence-electron chi connectivity index (χ2n) is 3.74. The van der Waals surface area contributed by atoms with Crippen molar-refractivity contribution in [2.24, 2.45) is 0 Å². The summed E-state index contributed by atoms with van der Waals surface area (Å²) in [5.74, 6) is -0.308. The zero-order valence-corrected chi connectivity index (χ0v) is 10.3. The van der Waals surface area contributed by atoms with Gasteiger partial charge in [-0.25, -0.2) is 0 Å². The summed E-state index contributed by atoms with van der Waals surface area (Å²) in [7, 11) is 0. The van der Waals surface area contributed by atoms with Gasteiger partial charge >= 0.3 is 0 Å². The quantitative estimate of drug-likeness (QED) is 0.808. The third-order valence-electron chi connectivity index (χ3n) is 2.46. The molecular formula is C12H15FeNO2. The van der Waals surface area contributed by atoms with Gasteiger partial charge in [0.1, 0.15) is 0 Å². The summed E-state index contributed by atoms with van der Waals surface area (Å²) in [6.07, 6.45) is -1.23. The summed E-state index contributed by atoms with van der Waals surface area (Å²) in [6.45, 7) is 3.30. The number of hydrogen-bond donors (Lipinski definition) is 2. The fourth-order valence-corrected chi connectivity index (χ4v) is 1.74. The molecule has 0 amide bonds. The van der Waals surface area contributed by atoms with Crippen molar-refractivity contribution in [2.45, 2.75) is 32.0 Å². The average Bonchev–Trinajstić information content (AvgIpc) is 2.18. The Kier molecular flexibility index (Phi) is 6.32. The van der Waals surface area contributed by atoms with Crippen molar-refractivity contribution in [1.29, 1.82) is 5.26 Å². The first-order valence-corrected chi connectivity index (χ1v) is 4.92. The number of aliphatic hydroxyl groups excluding tert-OH is 2. The molecule has 88 valence electrons. The van der Waals surface area contributed by atoms with E-state index in [0.717, 1.165) is 5.56 Å². The fourth-order valence-electron chi connectivity index (χ4n) is 1.74. The van der Waals surface area contributed by atoms with E-state index in [-0.39, 0.29) is 23.0 Å². The fraction of sp³-hybridized carbons (Fsp3) is 0.417. The van der Waals surface area contributed by atoms with E-state index in [9.17, 15) is 10.2 Å². The van der Waals surface area contributed by atoms with Crippen LogP contribution >= 0.6 is 0 Å². The summed E-state index contributed by atoms with van der Waals surface area (Å²) in [5, 5.41) is 27.7. The van der Waals surface area contributed by atoms with Crippen LogP contribution in [0.2, 0.25) is 0 Å². The molecule has 1 rings (SSSR count). The Bertz CT molecular complexity index is 346. The number of nitriles is 1. The van der Waals surface area contributed by atoms with Crippen LogP contribution in [0.3, 0.4) is 0 Å². The summed E-state index contributed by atoms with van der Waals surface area (Å²) in [5.41, 5.74) is 1.42.